The molecule has 0 fully saturated rings. The number of amides is 1. The number of hydrogen-bond acceptors (Lipinski definition) is 5. The van der Waals surface area contributed by atoms with Crippen LogP contribution in [0.3, 0.4) is 0 Å². The number of hydrazone groups is 1. The van der Waals surface area contributed by atoms with Crippen LogP contribution in [0.15, 0.2) is 47.6 Å². The Labute approximate surface area is 163 Å². The highest BCUT2D eigenvalue weighted by atomic mass is 16.6. The van der Waals surface area contributed by atoms with Gasteiger partial charge in [0.2, 0.25) is 6.10 Å². The second kappa shape index (κ2) is 7.72. The van der Waals surface area contributed by atoms with E-state index in [9.17, 15) is 9.59 Å². The number of carbonyl (C=O) groups excluding carboxylic acids is 1. The van der Waals surface area contributed by atoms with E-state index in [1.165, 1.54) is 18.3 Å². The third kappa shape index (κ3) is 4.49. The van der Waals surface area contributed by atoms with Gasteiger partial charge in [0.15, 0.2) is 11.5 Å². The number of carboxylic acids is 1. The van der Waals surface area contributed by atoms with E-state index in [0.717, 1.165) is 5.56 Å². The highest BCUT2D eigenvalue weighted by Gasteiger charge is 2.28. The fourth-order valence-corrected chi connectivity index (χ4v) is 2.62. The van der Waals surface area contributed by atoms with Crippen LogP contribution in [0, 0.1) is 0 Å². The first kappa shape index (κ1) is 19.4. The van der Waals surface area contributed by atoms with Gasteiger partial charge in [0.25, 0.3) is 5.91 Å². The predicted octanol–water partition coefficient (Wildman–Crippen LogP) is 2.97. The number of fused-ring (bicyclic) bond motifs is 1. The van der Waals surface area contributed by atoms with Crippen LogP contribution in [-0.4, -0.2) is 35.9 Å². The van der Waals surface area contributed by atoms with E-state index in [-0.39, 0.29) is 17.6 Å². The minimum absolute atomic E-state index is 0.0475. The van der Waals surface area contributed by atoms with E-state index in [0.29, 0.717) is 17.1 Å². The third-order valence-electron chi connectivity index (χ3n) is 4.31. The molecule has 1 amide bonds. The van der Waals surface area contributed by atoms with Crippen molar-refractivity contribution in [2.75, 3.05) is 6.61 Å². The zero-order chi connectivity index (χ0) is 20.3. The molecule has 1 unspecified atom stereocenters. The average Bonchev–Trinajstić information content (AvgIpc) is 2.66. The number of carbonyl (C=O) groups is 2. The summed E-state index contributed by atoms with van der Waals surface area (Å²) in [7, 11) is 0. The molecule has 28 heavy (non-hydrogen) atoms. The Kier molecular flexibility index (Phi) is 5.35. The first-order chi connectivity index (χ1) is 13.2. The number of aromatic carboxylic acids is 1. The zero-order valence-corrected chi connectivity index (χ0v) is 15.9. The first-order valence-electron chi connectivity index (χ1n) is 8.84. The van der Waals surface area contributed by atoms with Crippen LogP contribution in [0.25, 0.3) is 0 Å². The standard InChI is InChI=1S/C21H22N2O5/c1-21(2,3)15-8-9-16-17(10-15)28-18(12-27-16)19(24)23-22-11-13-4-6-14(7-5-13)20(25)26/h4-11,18H,12H2,1-3H3,(H,23,24)(H,25,26)/b22-11-. The molecule has 1 aliphatic heterocycles. The average molecular weight is 382 g/mol. The van der Waals surface area contributed by atoms with Crippen molar-refractivity contribution in [3.05, 3.63) is 59.2 Å². The van der Waals surface area contributed by atoms with E-state index in [4.69, 9.17) is 14.6 Å². The monoisotopic (exact) mass is 382 g/mol. The van der Waals surface area contributed by atoms with Crippen LogP contribution in [-0.2, 0) is 10.2 Å². The smallest absolute Gasteiger partial charge is 0.335 e. The van der Waals surface area contributed by atoms with Gasteiger partial charge in [-0.05, 0) is 40.8 Å². The summed E-state index contributed by atoms with van der Waals surface area (Å²) >= 11 is 0. The van der Waals surface area contributed by atoms with Crippen LogP contribution in [0.4, 0.5) is 0 Å². The minimum Gasteiger partial charge on any atom is -0.485 e. The van der Waals surface area contributed by atoms with Crippen LogP contribution in [0.1, 0.15) is 42.3 Å². The van der Waals surface area contributed by atoms with Crippen molar-refractivity contribution in [2.24, 2.45) is 5.10 Å². The molecule has 2 aromatic carbocycles. The lowest BCUT2D eigenvalue weighted by molar-refractivity contribution is -0.130. The largest absolute Gasteiger partial charge is 0.485 e. The quantitative estimate of drug-likeness (QED) is 0.626. The second-order valence-electron chi connectivity index (χ2n) is 7.49. The first-order valence-corrected chi connectivity index (χ1v) is 8.84. The molecule has 3 rings (SSSR count). The van der Waals surface area contributed by atoms with Gasteiger partial charge in [0, 0.05) is 0 Å². The van der Waals surface area contributed by atoms with Crippen LogP contribution >= 0.6 is 0 Å². The van der Waals surface area contributed by atoms with Crippen molar-refractivity contribution in [2.45, 2.75) is 32.3 Å². The molecule has 1 heterocycles. The van der Waals surface area contributed by atoms with E-state index < -0.39 is 18.0 Å². The molecule has 1 atom stereocenters. The Morgan fingerprint density at radius 3 is 2.50 bits per heavy atom. The number of hydrogen-bond donors (Lipinski definition) is 2. The highest BCUT2D eigenvalue weighted by Crippen LogP contribution is 2.36. The van der Waals surface area contributed by atoms with Gasteiger partial charge in [-0.3, -0.25) is 4.79 Å². The normalized spacial score (nSPS) is 16.0. The van der Waals surface area contributed by atoms with Crippen molar-refractivity contribution in [3.8, 4) is 11.5 Å². The van der Waals surface area contributed by atoms with Gasteiger partial charge >= 0.3 is 5.97 Å². The molecule has 0 bridgehead atoms. The van der Waals surface area contributed by atoms with Crippen molar-refractivity contribution in [1.29, 1.82) is 0 Å². The Balaban J connectivity index is 1.62. The summed E-state index contributed by atoms with van der Waals surface area (Å²) in [6, 6.07) is 11.9. The molecule has 2 N–H and O–H groups in total. The van der Waals surface area contributed by atoms with Gasteiger partial charge < -0.3 is 14.6 Å². The topological polar surface area (TPSA) is 97.2 Å². The molecule has 7 nitrogen and oxygen atoms in total. The van der Waals surface area contributed by atoms with Crippen molar-refractivity contribution < 1.29 is 24.2 Å². The molecule has 0 saturated carbocycles. The predicted molar refractivity (Wildman–Crippen MR) is 104 cm³/mol. The van der Waals surface area contributed by atoms with Crippen LogP contribution < -0.4 is 14.9 Å². The Bertz CT molecular complexity index is 913. The van der Waals surface area contributed by atoms with E-state index in [2.05, 4.69) is 31.3 Å². The number of nitrogens with zero attached hydrogens (tertiary/aromatic N) is 1. The number of ether oxygens (including phenoxy) is 2. The molecule has 0 saturated heterocycles. The van der Waals surface area contributed by atoms with Gasteiger partial charge in [-0.15, -0.1) is 0 Å². The molecule has 7 heteroatoms. The van der Waals surface area contributed by atoms with Gasteiger partial charge in [0.05, 0.1) is 11.8 Å². The highest BCUT2D eigenvalue weighted by molar-refractivity contribution is 5.89. The fourth-order valence-electron chi connectivity index (χ4n) is 2.62. The molecule has 0 aromatic heterocycles. The fraction of sp³-hybridized carbons (Fsp3) is 0.286. The third-order valence-corrected chi connectivity index (χ3v) is 4.31. The summed E-state index contributed by atoms with van der Waals surface area (Å²) in [6.07, 6.45) is 0.619. The summed E-state index contributed by atoms with van der Waals surface area (Å²) in [5.74, 6) is -0.280. The van der Waals surface area contributed by atoms with E-state index in [1.807, 2.05) is 18.2 Å². The maximum atomic E-state index is 12.3. The Morgan fingerprint density at radius 2 is 1.86 bits per heavy atom. The summed E-state index contributed by atoms with van der Waals surface area (Å²) < 4.78 is 11.4. The lowest BCUT2D eigenvalue weighted by Crippen LogP contribution is -2.42. The Morgan fingerprint density at radius 1 is 1.14 bits per heavy atom. The van der Waals surface area contributed by atoms with Gasteiger partial charge in [0.1, 0.15) is 6.61 Å². The Hall–Kier alpha value is -3.35. The molecule has 0 aliphatic carbocycles. The maximum Gasteiger partial charge on any atom is 0.335 e. The number of rotatable bonds is 4. The van der Waals surface area contributed by atoms with Crippen LogP contribution in [0.5, 0.6) is 11.5 Å². The second-order valence-corrected chi connectivity index (χ2v) is 7.49. The van der Waals surface area contributed by atoms with Crippen molar-refractivity contribution in [3.63, 3.8) is 0 Å². The number of carboxylic acid groups (broad SMARTS) is 1. The van der Waals surface area contributed by atoms with Gasteiger partial charge in [-0.2, -0.15) is 5.10 Å². The summed E-state index contributed by atoms with van der Waals surface area (Å²) in [6.45, 7) is 6.39. The lowest BCUT2D eigenvalue weighted by atomic mass is 9.87. The summed E-state index contributed by atoms with van der Waals surface area (Å²) in [5.41, 5.74) is 4.30. The summed E-state index contributed by atoms with van der Waals surface area (Å²) in [5, 5.41) is 12.8. The maximum absolute atomic E-state index is 12.3. The van der Waals surface area contributed by atoms with Gasteiger partial charge in [-0.1, -0.05) is 39.0 Å². The molecule has 2 aromatic rings. The molecule has 0 spiro atoms. The summed E-state index contributed by atoms with van der Waals surface area (Å²) in [4.78, 5) is 23.2. The minimum atomic E-state index is -0.999. The number of benzene rings is 2. The molecule has 146 valence electrons. The lowest BCUT2D eigenvalue weighted by Gasteiger charge is -2.27. The van der Waals surface area contributed by atoms with E-state index in [1.54, 1.807) is 12.1 Å². The van der Waals surface area contributed by atoms with Crippen molar-refractivity contribution >= 4 is 18.1 Å². The zero-order valence-electron chi connectivity index (χ0n) is 15.9. The van der Waals surface area contributed by atoms with E-state index >= 15 is 0 Å². The molecular formula is C21H22N2O5. The van der Waals surface area contributed by atoms with Crippen LogP contribution in [0.2, 0.25) is 0 Å². The SMILES string of the molecule is CC(C)(C)c1ccc2c(c1)OC(C(=O)N/N=C\c1ccc(C(=O)O)cc1)CO2. The van der Waals surface area contributed by atoms with Gasteiger partial charge in [-0.25, -0.2) is 10.2 Å². The van der Waals surface area contributed by atoms with Crippen molar-refractivity contribution in [1.82, 2.24) is 5.43 Å². The molecule has 1 aliphatic rings. The number of nitrogens with one attached hydrogen (secondary N) is 1. The molecular weight excluding hydrogens is 360 g/mol. The molecule has 0 radical (unpaired) electrons.